The third-order valence-electron chi connectivity index (χ3n) is 1.90. The van der Waals surface area contributed by atoms with E-state index >= 15 is 0 Å². The first-order valence-corrected chi connectivity index (χ1v) is 5.21. The summed E-state index contributed by atoms with van der Waals surface area (Å²) in [7, 11) is 2.17. The van der Waals surface area contributed by atoms with E-state index in [4.69, 9.17) is 21.1 Å². The molecule has 8 heteroatoms. The van der Waals surface area contributed by atoms with Gasteiger partial charge in [-0.2, -0.15) is 0 Å². The monoisotopic (exact) mass is 288 g/mol. The van der Waals surface area contributed by atoms with E-state index in [1.165, 1.54) is 18.2 Å². The zero-order valence-corrected chi connectivity index (χ0v) is 10.7. The molecule has 102 valence electrons. The van der Waals surface area contributed by atoms with Gasteiger partial charge in [0.25, 0.3) is 5.24 Å². The predicted molar refractivity (Wildman–Crippen MR) is 62.7 cm³/mol. The lowest BCUT2D eigenvalue weighted by Gasteiger charge is -2.11. The number of hydrogen-bond acceptors (Lipinski definition) is 7. The normalized spacial score (nSPS) is 9.42. The van der Waals surface area contributed by atoms with E-state index in [1.807, 2.05) is 0 Å². The number of benzene rings is 1. The van der Waals surface area contributed by atoms with Gasteiger partial charge in [-0.1, -0.05) is 6.07 Å². The van der Waals surface area contributed by atoms with E-state index in [-0.39, 0.29) is 17.1 Å². The van der Waals surface area contributed by atoms with Crippen molar-refractivity contribution in [1.29, 1.82) is 0 Å². The van der Waals surface area contributed by atoms with Crippen LogP contribution in [0.3, 0.4) is 0 Å². The second-order valence-corrected chi connectivity index (χ2v) is 3.36. The molecule has 1 aromatic rings. The zero-order chi connectivity index (χ0) is 14.4. The fraction of sp³-hybridized carbons (Fsp3) is 0.182. The number of para-hydroxylation sites is 1. The average molecular weight is 289 g/mol. The molecule has 7 nitrogen and oxygen atoms in total. The van der Waals surface area contributed by atoms with Crippen molar-refractivity contribution in [3.63, 3.8) is 0 Å². The third-order valence-corrected chi connectivity index (χ3v) is 2.11. The van der Waals surface area contributed by atoms with Crippen molar-refractivity contribution in [3.05, 3.63) is 23.8 Å². The van der Waals surface area contributed by atoms with E-state index in [0.717, 1.165) is 14.2 Å². The molecule has 0 fully saturated rings. The lowest BCUT2D eigenvalue weighted by Crippen LogP contribution is -2.13. The first-order valence-electron chi connectivity index (χ1n) is 4.84. The molecule has 1 rings (SSSR count). The van der Waals surface area contributed by atoms with Crippen LogP contribution in [0.15, 0.2) is 18.2 Å². The van der Waals surface area contributed by atoms with Gasteiger partial charge in [-0.25, -0.2) is 9.59 Å². The molecule has 0 spiro atoms. The van der Waals surface area contributed by atoms with Gasteiger partial charge in [0.2, 0.25) is 0 Å². The van der Waals surface area contributed by atoms with Crippen molar-refractivity contribution in [2.24, 2.45) is 0 Å². The summed E-state index contributed by atoms with van der Waals surface area (Å²) in [6.45, 7) is 0. The maximum absolute atomic E-state index is 11.2. The SMILES string of the molecule is COC(=O)Oc1cccc(C(=O)Cl)c1OC(=O)OC. The van der Waals surface area contributed by atoms with Crippen molar-refractivity contribution in [2.75, 3.05) is 14.2 Å². The lowest BCUT2D eigenvalue weighted by atomic mass is 10.2. The van der Waals surface area contributed by atoms with Crippen LogP contribution in [0.1, 0.15) is 10.4 Å². The highest BCUT2D eigenvalue weighted by Gasteiger charge is 2.21. The first kappa shape index (κ1) is 14.8. The Hall–Kier alpha value is -2.28. The lowest BCUT2D eigenvalue weighted by molar-refractivity contribution is 0.105. The standard InChI is InChI=1S/C11H9ClO7/c1-16-10(14)18-7-5-3-4-6(9(12)13)8(7)19-11(15)17-2/h3-5H,1-2H3. The van der Waals surface area contributed by atoms with Crippen LogP contribution in [0, 0.1) is 0 Å². The van der Waals surface area contributed by atoms with Crippen LogP contribution >= 0.6 is 11.6 Å². The highest BCUT2D eigenvalue weighted by atomic mass is 35.5. The Morgan fingerprint density at radius 2 is 1.58 bits per heavy atom. The molecule has 19 heavy (non-hydrogen) atoms. The maximum atomic E-state index is 11.2. The second kappa shape index (κ2) is 6.60. The number of halogens is 1. The predicted octanol–water partition coefficient (Wildman–Crippen LogP) is 2.36. The molecule has 0 aliphatic heterocycles. The minimum absolute atomic E-state index is 0.159. The summed E-state index contributed by atoms with van der Waals surface area (Å²) in [6.07, 6.45) is -2.14. The second-order valence-electron chi connectivity index (χ2n) is 3.02. The van der Waals surface area contributed by atoms with Crippen molar-refractivity contribution >= 4 is 29.2 Å². The summed E-state index contributed by atoms with van der Waals surface area (Å²) < 4.78 is 18.0. The topological polar surface area (TPSA) is 88.1 Å². The third kappa shape index (κ3) is 3.85. The van der Waals surface area contributed by atoms with Crippen LogP contribution in [-0.2, 0) is 9.47 Å². The van der Waals surface area contributed by atoms with Crippen LogP contribution in [0.2, 0.25) is 0 Å². The number of hydrogen-bond donors (Lipinski definition) is 0. The van der Waals surface area contributed by atoms with E-state index in [1.54, 1.807) is 0 Å². The number of rotatable bonds is 3. The van der Waals surface area contributed by atoms with Crippen LogP contribution in [0.25, 0.3) is 0 Å². The average Bonchev–Trinajstić information content (AvgIpc) is 2.39. The van der Waals surface area contributed by atoms with Crippen LogP contribution in [0.4, 0.5) is 9.59 Å². The molecule has 1 aromatic carbocycles. The van der Waals surface area contributed by atoms with Crippen molar-refractivity contribution in [3.8, 4) is 11.5 Å². The van der Waals surface area contributed by atoms with Gasteiger partial charge in [0.05, 0.1) is 19.8 Å². The molecular formula is C11H9ClO7. The van der Waals surface area contributed by atoms with Gasteiger partial charge >= 0.3 is 12.3 Å². The molecule has 0 N–H and O–H groups in total. The molecular weight excluding hydrogens is 280 g/mol. The Bertz CT molecular complexity index is 512. The summed E-state index contributed by atoms with van der Waals surface area (Å²) in [6, 6.07) is 3.97. The highest BCUT2D eigenvalue weighted by Crippen LogP contribution is 2.33. The summed E-state index contributed by atoms with van der Waals surface area (Å²) >= 11 is 5.33. The van der Waals surface area contributed by atoms with Crippen LogP contribution in [0.5, 0.6) is 11.5 Å². The van der Waals surface area contributed by atoms with Gasteiger partial charge in [0.15, 0.2) is 11.5 Å². The molecule has 0 heterocycles. The molecule has 0 unspecified atom stereocenters. The Morgan fingerprint density at radius 3 is 2.11 bits per heavy atom. The number of carbonyl (C=O) groups excluding carboxylic acids is 3. The first-order chi connectivity index (χ1) is 8.99. The van der Waals surface area contributed by atoms with Crippen LogP contribution in [-0.4, -0.2) is 31.8 Å². The fourth-order valence-electron chi connectivity index (χ4n) is 1.11. The molecule has 0 saturated heterocycles. The summed E-state index contributed by atoms with van der Waals surface area (Å²) in [5.74, 6) is -0.538. The molecule has 0 atom stereocenters. The summed E-state index contributed by atoms with van der Waals surface area (Å²) in [5.41, 5.74) is -0.159. The molecule has 0 aliphatic carbocycles. The molecule has 0 aliphatic rings. The van der Waals surface area contributed by atoms with Crippen LogP contribution < -0.4 is 9.47 Å². The van der Waals surface area contributed by atoms with E-state index in [9.17, 15) is 14.4 Å². The summed E-state index contributed by atoms with van der Waals surface area (Å²) in [5, 5.41) is -0.894. The van der Waals surface area contributed by atoms with Gasteiger partial charge < -0.3 is 18.9 Å². The molecule has 0 radical (unpaired) electrons. The highest BCUT2D eigenvalue weighted by molar-refractivity contribution is 6.68. The Balaban J connectivity index is 3.21. The fourth-order valence-corrected chi connectivity index (χ4v) is 1.26. The maximum Gasteiger partial charge on any atom is 0.513 e. The van der Waals surface area contributed by atoms with Gasteiger partial charge in [-0.05, 0) is 23.7 Å². The Kier molecular flexibility index (Phi) is 5.13. The molecule has 0 bridgehead atoms. The molecule has 0 aromatic heterocycles. The van der Waals surface area contributed by atoms with E-state index in [0.29, 0.717) is 0 Å². The van der Waals surface area contributed by atoms with Gasteiger partial charge in [0, 0.05) is 0 Å². The molecule has 0 amide bonds. The van der Waals surface area contributed by atoms with Gasteiger partial charge in [-0.3, -0.25) is 4.79 Å². The Morgan fingerprint density at radius 1 is 1.00 bits per heavy atom. The van der Waals surface area contributed by atoms with Gasteiger partial charge in [0.1, 0.15) is 0 Å². The van der Waals surface area contributed by atoms with Gasteiger partial charge in [-0.15, -0.1) is 0 Å². The zero-order valence-electron chi connectivity index (χ0n) is 9.97. The van der Waals surface area contributed by atoms with E-state index in [2.05, 4.69) is 9.47 Å². The minimum Gasteiger partial charge on any atom is -0.437 e. The van der Waals surface area contributed by atoms with E-state index < -0.39 is 17.6 Å². The molecule has 0 saturated carbocycles. The number of methoxy groups -OCH3 is 2. The number of ether oxygens (including phenoxy) is 4. The number of carbonyl (C=O) groups is 3. The summed E-state index contributed by atoms with van der Waals surface area (Å²) in [4.78, 5) is 33.3. The van der Waals surface area contributed by atoms with Crippen molar-refractivity contribution in [2.45, 2.75) is 0 Å². The minimum atomic E-state index is -1.10. The van der Waals surface area contributed by atoms with Crippen molar-refractivity contribution in [1.82, 2.24) is 0 Å². The Labute approximate surface area is 112 Å². The smallest absolute Gasteiger partial charge is 0.437 e. The quantitative estimate of drug-likeness (QED) is 0.479. The largest absolute Gasteiger partial charge is 0.513 e. The van der Waals surface area contributed by atoms with Crippen molar-refractivity contribution < 1.29 is 33.3 Å².